The molecule has 0 bridgehead atoms. The fourth-order valence-electron chi connectivity index (χ4n) is 1.47. The van der Waals surface area contributed by atoms with Crippen LogP contribution in [0.5, 0.6) is 0 Å². The molecular formula is C13H12AsNO3. The molecule has 2 aromatic rings. The first-order valence-corrected chi connectivity index (χ1v) is 7.93. The Morgan fingerprint density at radius 3 is 2.11 bits per heavy atom. The van der Waals surface area contributed by atoms with Gasteiger partial charge in [-0.15, -0.1) is 0 Å². The van der Waals surface area contributed by atoms with Crippen LogP contribution in [-0.2, 0) is 0 Å². The van der Waals surface area contributed by atoms with Crippen LogP contribution in [0, 0.1) is 0 Å². The quantitative estimate of drug-likeness (QED) is 0.728. The van der Waals surface area contributed by atoms with E-state index in [2.05, 4.69) is 5.32 Å². The van der Waals surface area contributed by atoms with E-state index in [-0.39, 0.29) is 5.91 Å². The van der Waals surface area contributed by atoms with Crippen molar-refractivity contribution in [3.8, 4) is 0 Å². The summed E-state index contributed by atoms with van der Waals surface area (Å²) >= 11 is -2.84. The van der Waals surface area contributed by atoms with E-state index in [1.54, 1.807) is 36.4 Å². The van der Waals surface area contributed by atoms with Gasteiger partial charge in [-0.2, -0.15) is 0 Å². The van der Waals surface area contributed by atoms with E-state index in [0.717, 1.165) is 5.69 Å². The zero-order valence-corrected chi connectivity index (χ0v) is 11.3. The van der Waals surface area contributed by atoms with Gasteiger partial charge in [0.05, 0.1) is 0 Å². The van der Waals surface area contributed by atoms with Gasteiger partial charge in [0.15, 0.2) is 0 Å². The third-order valence-electron chi connectivity index (χ3n) is 2.39. The Morgan fingerprint density at radius 1 is 0.944 bits per heavy atom. The van der Waals surface area contributed by atoms with Gasteiger partial charge < -0.3 is 0 Å². The van der Waals surface area contributed by atoms with Crippen molar-refractivity contribution < 1.29 is 13.0 Å². The summed E-state index contributed by atoms with van der Waals surface area (Å²) in [4.78, 5) is 11.9. The van der Waals surface area contributed by atoms with Gasteiger partial charge in [0, 0.05) is 0 Å². The Balaban J connectivity index is 2.10. The fraction of sp³-hybridized carbons (Fsp3) is 0. The van der Waals surface area contributed by atoms with Crippen LogP contribution >= 0.6 is 0 Å². The van der Waals surface area contributed by atoms with Crippen molar-refractivity contribution in [2.75, 3.05) is 5.32 Å². The molecule has 0 atom stereocenters. The Labute approximate surface area is 110 Å². The van der Waals surface area contributed by atoms with Gasteiger partial charge in [0.25, 0.3) is 0 Å². The molecule has 0 aliphatic rings. The Morgan fingerprint density at radius 2 is 1.56 bits per heavy atom. The summed E-state index contributed by atoms with van der Waals surface area (Å²) in [7, 11) is 0. The van der Waals surface area contributed by atoms with Gasteiger partial charge in [-0.25, -0.2) is 0 Å². The molecule has 92 valence electrons. The molecular weight excluding hydrogens is 293 g/mol. The van der Waals surface area contributed by atoms with Gasteiger partial charge in [0.2, 0.25) is 0 Å². The van der Waals surface area contributed by atoms with Crippen LogP contribution < -0.4 is 9.67 Å². The second-order valence-electron chi connectivity index (χ2n) is 3.66. The molecule has 0 heterocycles. The number of carbonyl (C=O) groups is 1. The Kier molecular flexibility index (Phi) is 4.15. The summed E-state index contributed by atoms with van der Waals surface area (Å²) in [5.41, 5.74) is 1.21. The fourth-order valence-corrected chi connectivity index (χ4v) is 2.34. The van der Waals surface area contributed by atoms with E-state index in [1.807, 2.05) is 18.2 Å². The van der Waals surface area contributed by atoms with Crippen molar-refractivity contribution in [3.63, 3.8) is 0 Å². The number of carbonyl (C=O) groups excluding carboxylic acids is 1. The first-order valence-electron chi connectivity index (χ1n) is 5.31. The minimum absolute atomic E-state index is 0.220. The number of para-hydroxylation sites is 1. The van der Waals surface area contributed by atoms with Crippen LogP contribution in [0.25, 0.3) is 0 Å². The summed E-state index contributed by atoms with van der Waals surface area (Å²) in [5.74, 6) is -0.220. The number of hydrogen-bond acceptors (Lipinski definition) is 3. The molecule has 0 aromatic heterocycles. The molecule has 0 saturated heterocycles. The van der Waals surface area contributed by atoms with Crippen LogP contribution in [0.1, 0.15) is 10.4 Å². The molecule has 0 saturated carbocycles. The van der Waals surface area contributed by atoms with Gasteiger partial charge >= 0.3 is 110 Å². The van der Waals surface area contributed by atoms with Crippen molar-refractivity contribution in [2.24, 2.45) is 0 Å². The van der Waals surface area contributed by atoms with Gasteiger partial charge in [-0.3, -0.25) is 0 Å². The predicted octanol–water partition coefficient (Wildman–Crippen LogP) is 0.619. The van der Waals surface area contributed by atoms with Gasteiger partial charge in [0.1, 0.15) is 0 Å². The molecule has 2 aromatic carbocycles. The molecule has 0 aliphatic carbocycles. The third kappa shape index (κ3) is 3.20. The zero-order chi connectivity index (χ0) is 13.0. The summed E-state index contributed by atoms with van der Waals surface area (Å²) in [6, 6.07) is 15.5. The first kappa shape index (κ1) is 12.8. The Hall–Kier alpha value is -1.61. The molecule has 0 aliphatic heterocycles. The normalized spacial score (nSPS) is 10.4. The third-order valence-corrected chi connectivity index (χ3v) is 3.99. The zero-order valence-electron chi connectivity index (χ0n) is 9.45. The summed E-state index contributed by atoms with van der Waals surface area (Å²) in [6.07, 6.45) is 0. The van der Waals surface area contributed by atoms with Crippen molar-refractivity contribution in [1.29, 1.82) is 0 Å². The van der Waals surface area contributed by atoms with Crippen LogP contribution in [0.4, 0.5) is 5.69 Å². The average molecular weight is 305 g/mol. The van der Waals surface area contributed by atoms with E-state index < -0.39 is 15.3 Å². The molecule has 0 radical (unpaired) electrons. The monoisotopic (exact) mass is 305 g/mol. The summed E-state index contributed by atoms with van der Waals surface area (Å²) < 4.78 is 18.7. The summed E-state index contributed by atoms with van der Waals surface area (Å²) in [6.45, 7) is 0. The van der Waals surface area contributed by atoms with Crippen molar-refractivity contribution in [1.82, 2.24) is 0 Å². The molecule has 0 unspecified atom stereocenters. The van der Waals surface area contributed by atoms with E-state index in [1.165, 1.54) is 0 Å². The van der Waals surface area contributed by atoms with Crippen LogP contribution in [0.15, 0.2) is 54.6 Å². The standard InChI is InChI=1S/C13H12AsNO3/c16-13(15-12-4-2-1-3-5-12)10-6-8-11(9-7-10)14(17)18/h1-9,17-18H,(H,15,16). The first-order chi connectivity index (χ1) is 8.66. The topological polar surface area (TPSA) is 69.6 Å². The van der Waals surface area contributed by atoms with Crippen LogP contribution in [0.2, 0.25) is 0 Å². The average Bonchev–Trinajstić information content (AvgIpc) is 2.40. The number of hydrogen-bond donors (Lipinski definition) is 3. The molecule has 0 fully saturated rings. The van der Waals surface area contributed by atoms with Crippen molar-refractivity contribution in [2.45, 2.75) is 0 Å². The molecule has 18 heavy (non-hydrogen) atoms. The summed E-state index contributed by atoms with van der Waals surface area (Å²) in [5, 5.41) is 2.75. The van der Waals surface area contributed by atoms with E-state index >= 15 is 0 Å². The molecule has 4 nitrogen and oxygen atoms in total. The van der Waals surface area contributed by atoms with Gasteiger partial charge in [-0.05, 0) is 0 Å². The van der Waals surface area contributed by atoms with Gasteiger partial charge in [-0.1, -0.05) is 0 Å². The Bertz CT molecular complexity index is 526. The van der Waals surface area contributed by atoms with E-state index in [0.29, 0.717) is 9.91 Å². The molecule has 1 amide bonds. The number of nitrogens with one attached hydrogen (secondary N) is 1. The number of amides is 1. The van der Waals surface area contributed by atoms with Crippen molar-refractivity contribution >= 4 is 31.3 Å². The maximum absolute atomic E-state index is 11.9. The van der Waals surface area contributed by atoms with E-state index in [4.69, 9.17) is 8.19 Å². The van der Waals surface area contributed by atoms with Crippen molar-refractivity contribution in [3.05, 3.63) is 60.2 Å². The molecule has 0 spiro atoms. The molecule has 5 heteroatoms. The van der Waals surface area contributed by atoms with Crippen LogP contribution in [0.3, 0.4) is 0 Å². The minimum atomic E-state index is -2.84. The second kappa shape index (κ2) is 5.82. The number of benzene rings is 2. The SMILES string of the molecule is O=C(Nc1ccccc1)c1ccc([As](O)O)cc1. The second-order valence-corrected chi connectivity index (χ2v) is 5.95. The van der Waals surface area contributed by atoms with Crippen LogP contribution in [-0.4, -0.2) is 29.4 Å². The van der Waals surface area contributed by atoms with E-state index in [9.17, 15) is 4.79 Å². The predicted molar refractivity (Wildman–Crippen MR) is 70.7 cm³/mol. The number of anilines is 1. The molecule has 3 N–H and O–H groups in total. The maximum atomic E-state index is 11.9. The number of rotatable bonds is 3. The molecule has 2 rings (SSSR count).